The Morgan fingerprint density at radius 3 is 2.45 bits per heavy atom. The Morgan fingerprint density at radius 1 is 1.27 bits per heavy atom. The number of nitrogens with zero attached hydrogens (tertiary/aromatic N) is 1. The van der Waals surface area contributed by atoms with Crippen molar-refractivity contribution in [3.05, 3.63) is 23.8 Å². The molecule has 0 unspecified atom stereocenters. The fraction of sp³-hybridized carbons (Fsp3) is 0.462. The molecule has 1 aromatic carbocycles. The normalized spacial score (nSPS) is 15.0. The number of carbonyl (C=O) groups is 1. The second kappa shape index (κ2) is 7.32. The first-order chi connectivity index (χ1) is 9.92. The van der Waals surface area contributed by atoms with Crippen molar-refractivity contribution in [3.8, 4) is 11.5 Å². The van der Waals surface area contributed by atoms with Crippen LogP contribution in [0.2, 0.25) is 0 Å². The smallest absolute Gasteiger partial charge is 0.493 e. The van der Waals surface area contributed by atoms with Crippen molar-refractivity contribution in [2.75, 3.05) is 33.4 Å². The maximum absolute atomic E-state index is 12.5. The van der Waals surface area contributed by atoms with Crippen LogP contribution in [0.3, 0.4) is 0 Å². The molecule has 0 aromatic heterocycles. The van der Waals surface area contributed by atoms with E-state index in [9.17, 15) is 18.0 Å². The van der Waals surface area contributed by atoms with Crippen molar-refractivity contribution in [1.29, 1.82) is 0 Å². The van der Waals surface area contributed by atoms with Crippen molar-refractivity contribution in [2.24, 2.45) is 0 Å². The van der Waals surface area contributed by atoms with E-state index in [4.69, 9.17) is 9.47 Å². The van der Waals surface area contributed by atoms with Crippen LogP contribution < -0.4 is 9.47 Å². The number of methoxy groups -OCH3 is 1. The molecule has 9 heteroatoms. The quantitative estimate of drug-likeness (QED) is 0.838. The average Bonchev–Trinajstić information content (AvgIpc) is 2.46. The first-order valence-corrected chi connectivity index (χ1v) is 6.22. The number of benzene rings is 1. The van der Waals surface area contributed by atoms with Gasteiger partial charge in [-0.15, -0.1) is 13.2 Å². The Bertz CT molecular complexity index is 515. The Labute approximate surface area is 124 Å². The van der Waals surface area contributed by atoms with E-state index < -0.39 is 18.0 Å². The molecular formula is C13H16F3NO5. The van der Waals surface area contributed by atoms with Crippen LogP contribution in [-0.4, -0.2) is 56.1 Å². The molecule has 22 heavy (non-hydrogen) atoms. The van der Waals surface area contributed by atoms with E-state index in [-0.39, 0.29) is 16.8 Å². The summed E-state index contributed by atoms with van der Waals surface area (Å²) < 4.78 is 51.5. The molecule has 0 aliphatic carbocycles. The van der Waals surface area contributed by atoms with Gasteiger partial charge in [-0.3, -0.25) is 4.79 Å². The highest BCUT2D eigenvalue weighted by molar-refractivity contribution is 5.97. The third kappa shape index (κ3) is 4.25. The molecule has 0 radical (unpaired) electrons. The van der Waals surface area contributed by atoms with Crippen LogP contribution >= 0.6 is 0 Å². The monoisotopic (exact) mass is 323 g/mol. The van der Waals surface area contributed by atoms with Gasteiger partial charge >= 0.3 is 6.36 Å². The summed E-state index contributed by atoms with van der Waals surface area (Å²) in [7, 11) is 1.21. The maximum atomic E-state index is 12.5. The van der Waals surface area contributed by atoms with Gasteiger partial charge in [-0.25, -0.2) is 0 Å². The number of amides is 1. The summed E-state index contributed by atoms with van der Waals surface area (Å²) in [5.74, 6) is -1.31. The lowest BCUT2D eigenvalue weighted by Crippen LogP contribution is -2.41. The fourth-order valence-electron chi connectivity index (χ4n) is 2.00. The van der Waals surface area contributed by atoms with Crippen molar-refractivity contribution in [2.45, 2.75) is 6.36 Å². The number of alkyl halides is 3. The largest absolute Gasteiger partial charge is 0.573 e. The van der Waals surface area contributed by atoms with Crippen molar-refractivity contribution >= 4 is 5.91 Å². The van der Waals surface area contributed by atoms with E-state index in [1.165, 1.54) is 30.2 Å². The molecule has 1 aromatic rings. The van der Waals surface area contributed by atoms with Gasteiger partial charge in [0, 0.05) is 13.1 Å². The molecular weight excluding hydrogens is 307 g/mol. The molecule has 0 bridgehead atoms. The summed E-state index contributed by atoms with van der Waals surface area (Å²) in [6, 6.07) is 4.02. The van der Waals surface area contributed by atoms with Crippen LogP contribution in [0.1, 0.15) is 10.4 Å². The third-order valence-electron chi connectivity index (χ3n) is 2.95. The van der Waals surface area contributed by atoms with Crippen LogP contribution in [0, 0.1) is 0 Å². The van der Waals surface area contributed by atoms with Gasteiger partial charge < -0.3 is 24.6 Å². The highest BCUT2D eigenvalue weighted by Crippen LogP contribution is 2.36. The van der Waals surface area contributed by atoms with Gasteiger partial charge in [-0.1, -0.05) is 6.07 Å². The van der Waals surface area contributed by atoms with E-state index >= 15 is 0 Å². The number of carbonyl (C=O) groups excluding carboxylic acids is 1. The van der Waals surface area contributed by atoms with Crippen LogP contribution in [0.15, 0.2) is 18.2 Å². The lowest BCUT2D eigenvalue weighted by atomic mass is 10.1. The molecule has 6 nitrogen and oxygen atoms in total. The van der Waals surface area contributed by atoms with Crippen LogP contribution in [-0.2, 0) is 4.74 Å². The SMILES string of the molecule is COc1cccc(C(=O)N2CCOCC2)c1OC(F)(F)F.O. The first kappa shape index (κ1) is 18.1. The topological polar surface area (TPSA) is 79.5 Å². The average molecular weight is 323 g/mol. The van der Waals surface area contributed by atoms with Gasteiger partial charge in [0.15, 0.2) is 11.5 Å². The zero-order valence-electron chi connectivity index (χ0n) is 11.8. The summed E-state index contributed by atoms with van der Waals surface area (Å²) in [5.41, 5.74) is -0.187. The van der Waals surface area contributed by atoms with E-state index in [2.05, 4.69) is 4.74 Å². The van der Waals surface area contributed by atoms with Gasteiger partial charge in [0.25, 0.3) is 5.91 Å². The van der Waals surface area contributed by atoms with Crippen molar-refractivity contribution in [3.63, 3.8) is 0 Å². The number of morpholine rings is 1. The molecule has 1 fully saturated rings. The fourth-order valence-corrected chi connectivity index (χ4v) is 2.00. The number of hydrogen-bond acceptors (Lipinski definition) is 4. The minimum Gasteiger partial charge on any atom is -0.493 e. The predicted octanol–water partition coefficient (Wildman–Crippen LogP) is 1.24. The molecule has 2 rings (SSSR count). The number of hydrogen-bond donors (Lipinski definition) is 0. The zero-order chi connectivity index (χ0) is 15.5. The highest BCUT2D eigenvalue weighted by atomic mass is 19.4. The molecule has 1 heterocycles. The van der Waals surface area contributed by atoms with E-state index in [1.54, 1.807) is 0 Å². The Kier molecular flexibility index (Phi) is 6.01. The van der Waals surface area contributed by atoms with E-state index in [0.717, 1.165) is 0 Å². The molecule has 0 saturated carbocycles. The van der Waals surface area contributed by atoms with Gasteiger partial charge in [-0.05, 0) is 12.1 Å². The minimum absolute atomic E-state index is 0. The van der Waals surface area contributed by atoms with Crippen LogP contribution in [0.5, 0.6) is 11.5 Å². The zero-order valence-corrected chi connectivity index (χ0v) is 11.8. The lowest BCUT2D eigenvalue weighted by Gasteiger charge is -2.27. The summed E-state index contributed by atoms with van der Waals surface area (Å²) in [6.07, 6.45) is -4.91. The summed E-state index contributed by atoms with van der Waals surface area (Å²) in [6.45, 7) is 1.35. The minimum atomic E-state index is -4.91. The Hall–Kier alpha value is -2.00. The van der Waals surface area contributed by atoms with E-state index in [1.807, 2.05) is 0 Å². The summed E-state index contributed by atoms with van der Waals surface area (Å²) >= 11 is 0. The summed E-state index contributed by atoms with van der Waals surface area (Å²) in [4.78, 5) is 13.8. The molecule has 1 aliphatic heterocycles. The van der Waals surface area contributed by atoms with Crippen molar-refractivity contribution < 1.29 is 37.7 Å². The molecule has 1 saturated heterocycles. The van der Waals surface area contributed by atoms with Gasteiger partial charge in [-0.2, -0.15) is 0 Å². The first-order valence-electron chi connectivity index (χ1n) is 6.22. The Morgan fingerprint density at radius 2 is 1.91 bits per heavy atom. The maximum Gasteiger partial charge on any atom is 0.573 e. The predicted molar refractivity (Wildman–Crippen MR) is 70.0 cm³/mol. The number of rotatable bonds is 3. The van der Waals surface area contributed by atoms with Gasteiger partial charge in [0.2, 0.25) is 0 Å². The van der Waals surface area contributed by atoms with Gasteiger partial charge in [0.1, 0.15) is 0 Å². The molecule has 0 atom stereocenters. The van der Waals surface area contributed by atoms with Crippen LogP contribution in [0.4, 0.5) is 13.2 Å². The molecule has 124 valence electrons. The molecule has 1 aliphatic rings. The Balaban J connectivity index is 0.00000242. The van der Waals surface area contributed by atoms with E-state index in [0.29, 0.717) is 26.3 Å². The standard InChI is InChI=1S/C13H14F3NO4.H2O/c1-19-10-4-2-3-9(11(10)21-13(14,15)16)12(18)17-5-7-20-8-6-17;/h2-4H,5-8H2,1H3;1H2. The third-order valence-corrected chi connectivity index (χ3v) is 2.95. The molecule has 2 N–H and O–H groups in total. The second-order valence-corrected chi connectivity index (χ2v) is 4.29. The molecule has 1 amide bonds. The number of halogens is 3. The van der Waals surface area contributed by atoms with Gasteiger partial charge in [0.05, 0.1) is 25.9 Å². The molecule has 0 spiro atoms. The second-order valence-electron chi connectivity index (χ2n) is 4.29. The highest BCUT2D eigenvalue weighted by Gasteiger charge is 2.35. The lowest BCUT2D eigenvalue weighted by molar-refractivity contribution is -0.275. The number of para-hydroxylation sites is 1. The van der Waals surface area contributed by atoms with Crippen LogP contribution in [0.25, 0.3) is 0 Å². The van der Waals surface area contributed by atoms with Crippen molar-refractivity contribution in [1.82, 2.24) is 4.90 Å². The summed E-state index contributed by atoms with van der Waals surface area (Å²) in [5, 5.41) is 0. The number of ether oxygens (including phenoxy) is 3.